The van der Waals surface area contributed by atoms with Crippen LogP contribution in [0.3, 0.4) is 0 Å². The van der Waals surface area contributed by atoms with Gasteiger partial charge in [0.05, 0.1) is 0 Å². The van der Waals surface area contributed by atoms with Crippen LogP contribution in [0.1, 0.15) is 35.2 Å². The van der Waals surface area contributed by atoms with E-state index in [1.807, 2.05) is 13.8 Å². The molecule has 0 bridgehead atoms. The Bertz CT molecular complexity index is 511. The van der Waals surface area contributed by atoms with Crippen LogP contribution in [-0.2, 0) is 6.42 Å². The van der Waals surface area contributed by atoms with Gasteiger partial charge < -0.3 is 5.32 Å². The number of aryl methyl sites for hydroxylation is 2. The van der Waals surface area contributed by atoms with Crippen LogP contribution < -0.4 is 5.32 Å². The van der Waals surface area contributed by atoms with Crippen LogP contribution in [0.5, 0.6) is 0 Å². The molecule has 0 fully saturated rings. The topological polar surface area (TPSA) is 12.0 Å². The summed E-state index contributed by atoms with van der Waals surface area (Å²) in [6.07, 6.45) is 0.832. The van der Waals surface area contributed by atoms with Crippen molar-refractivity contribution in [2.24, 2.45) is 0 Å². The summed E-state index contributed by atoms with van der Waals surface area (Å²) in [5.74, 6) is -0.0984. The van der Waals surface area contributed by atoms with Gasteiger partial charge in [-0.15, -0.1) is 0 Å². The molecule has 3 heteroatoms. The smallest absolute Gasteiger partial charge is 0.128 e. The average molecular weight is 277 g/mol. The fraction of sp³-hybridized carbons (Fsp3) is 0.375. The van der Waals surface area contributed by atoms with E-state index >= 15 is 0 Å². The number of thiophene rings is 1. The van der Waals surface area contributed by atoms with Gasteiger partial charge in [-0.05, 0) is 66.4 Å². The van der Waals surface area contributed by atoms with Crippen LogP contribution in [0.25, 0.3) is 0 Å². The molecule has 0 aliphatic carbocycles. The van der Waals surface area contributed by atoms with Gasteiger partial charge in [0.15, 0.2) is 0 Å². The molecule has 19 heavy (non-hydrogen) atoms. The Kier molecular flexibility index (Phi) is 4.72. The van der Waals surface area contributed by atoms with Gasteiger partial charge in [-0.3, -0.25) is 0 Å². The van der Waals surface area contributed by atoms with E-state index in [-0.39, 0.29) is 11.9 Å². The highest BCUT2D eigenvalue weighted by atomic mass is 32.1. The predicted octanol–water partition coefficient (Wildman–Crippen LogP) is 4.40. The van der Waals surface area contributed by atoms with Crippen LogP contribution in [0.2, 0.25) is 0 Å². The summed E-state index contributed by atoms with van der Waals surface area (Å²) in [6, 6.07) is 5.83. The number of nitrogens with one attached hydrogen (secondary N) is 1. The molecule has 1 heterocycles. The summed E-state index contributed by atoms with van der Waals surface area (Å²) in [5, 5.41) is 7.60. The molecular weight excluding hydrogens is 257 g/mol. The minimum atomic E-state index is -0.0984. The second kappa shape index (κ2) is 6.31. The molecular formula is C16H20FNS. The highest BCUT2D eigenvalue weighted by molar-refractivity contribution is 7.07. The molecule has 1 unspecified atom stereocenters. The molecule has 0 saturated carbocycles. The summed E-state index contributed by atoms with van der Waals surface area (Å²) < 4.78 is 14.3. The third-order valence-corrected chi connectivity index (χ3v) is 4.03. The average Bonchev–Trinajstić information content (AvgIpc) is 2.80. The summed E-state index contributed by atoms with van der Waals surface area (Å²) in [5.41, 5.74) is 4.07. The zero-order valence-electron chi connectivity index (χ0n) is 11.7. The van der Waals surface area contributed by atoms with Crippen molar-refractivity contribution >= 4 is 11.3 Å². The fourth-order valence-corrected chi connectivity index (χ4v) is 3.22. The van der Waals surface area contributed by atoms with Gasteiger partial charge in [-0.2, -0.15) is 11.3 Å². The standard InChI is InChI=1S/C16H20FNS/c1-4-18-15(9-13-5-6-19-10-13)16-12(3)7-11(2)8-14(16)17/h5-8,10,15,18H,4,9H2,1-3H3. The number of halogens is 1. The normalized spacial score (nSPS) is 12.6. The number of hydrogen-bond donors (Lipinski definition) is 1. The van der Waals surface area contributed by atoms with Crippen molar-refractivity contribution in [2.75, 3.05) is 6.54 Å². The van der Waals surface area contributed by atoms with Gasteiger partial charge in [0.25, 0.3) is 0 Å². The van der Waals surface area contributed by atoms with E-state index in [9.17, 15) is 4.39 Å². The second-order valence-electron chi connectivity index (χ2n) is 4.92. The van der Waals surface area contributed by atoms with E-state index in [2.05, 4.69) is 35.1 Å². The number of likely N-dealkylation sites (N-methyl/N-ethyl adjacent to an activating group) is 1. The third kappa shape index (κ3) is 3.43. The van der Waals surface area contributed by atoms with E-state index in [1.165, 1.54) is 5.56 Å². The van der Waals surface area contributed by atoms with E-state index in [0.717, 1.165) is 29.7 Å². The number of rotatable bonds is 5. The first kappa shape index (κ1) is 14.2. The number of benzene rings is 1. The molecule has 1 aromatic carbocycles. The molecule has 1 N–H and O–H groups in total. The summed E-state index contributed by atoms with van der Waals surface area (Å²) in [6.45, 7) is 6.81. The molecule has 0 amide bonds. The van der Waals surface area contributed by atoms with Crippen LogP contribution in [0.15, 0.2) is 29.0 Å². The van der Waals surface area contributed by atoms with Crippen molar-refractivity contribution in [1.29, 1.82) is 0 Å². The van der Waals surface area contributed by atoms with Crippen LogP contribution in [-0.4, -0.2) is 6.54 Å². The Labute approximate surface area is 118 Å². The maximum Gasteiger partial charge on any atom is 0.128 e. The van der Waals surface area contributed by atoms with Gasteiger partial charge in [0.1, 0.15) is 5.82 Å². The zero-order valence-corrected chi connectivity index (χ0v) is 12.5. The monoisotopic (exact) mass is 277 g/mol. The van der Waals surface area contributed by atoms with Crippen molar-refractivity contribution in [3.63, 3.8) is 0 Å². The minimum absolute atomic E-state index is 0.0419. The van der Waals surface area contributed by atoms with Crippen LogP contribution in [0, 0.1) is 19.7 Å². The SMILES string of the molecule is CCNC(Cc1ccsc1)c1c(C)cc(C)cc1F. The fourth-order valence-electron chi connectivity index (χ4n) is 2.54. The lowest BCUT2D eigenvalue weighted by atomic mass is 9.94. The Hall–Kier alpha value is -1.19. The van der Waals surface area contributed by atoms with Gasteiger partial charge in [0.2, 0.25) is 0 Å². The zero-order chi connectivity index (χ0) is 13.8. The molecule has 1 nitrogen and oxygen atoms in total. The van der Waals surface area contributed by atoms with Gasteiger partial charge >= 0.3 is 0 Å². The summed E-state index contributed by atoms with van der Waals surface area (Å²) in [7, 11) is 0. The van der Waals surface area contributed by atoms with E-state index in [4.69, 9.17) is 0 Å². The Morgan fingerprint density at radius 1 is 1.32 bits per heavy atom. The molecule has 0 spiro atoms. The van der Waals surface area contributed by atoms with Crippen molar-refractivity contribution in [2.45, 2.75) is 33.2 Å². The molecule has 1 aromatic heterocycles. The maximum absolute atomic E-state index is 14.3. The molecule has 0 aliphatic heterocycles. The van der Waals surface area contributed by atoms with Crippen LogP contribution in [0.4, 0.5) is 4.39 Å². The van der Waals surface area contributed by atoms with Crippen molar-refractivity contribution in [1.82, 2.24) is 5.32 Å². The van der Waals surface area contributed by atoms with Gasteiger partial charge in [-0.1, -0.05) is 13.0 Å². The first-order chi connectivity index (χ1) is 9.11. The third-order valence-electron chi connectivity index (χ3n) is 3.30. The predicted molar refractivity (Wildman–Crippen MR) is 80.3 cm³/mol. The number of hydrogen-bond acceptors (Lipinski definition) is 2. The Balaban J connectivity index is 2.33. The lowest BCUT2D eigenvalue weighted by Gasteiger charge is -2.21. The van der Waals surface area contributed by atoms with Crippen molar-refractivity contribution in [3.05, 3.63) is 57.0 Å². The lowest BCUT2D eigenvalue weighted by Crippen LogP contribution is -2.24. The van der Waals surface area contributed by atoms with E-state index in [1.54, 1.807) is 17.4 Å². The molecule has 2 rings (SSSR count). The first-order valence-electron chi connectivity index (χ1n) is 6.63. The van der Waals surface area contributed by atoms with Crippen molar-refractivity contribution < 1.29 is 4.39 Å². The van der Waals surface area contributed by atoms with Crippen molar-refractivity contribution in [3.8, 4) is 0 Å². The minimum Gasteiger partial charge on any atom is -0.310 e. The second-order valence-corrected chi connectivity index (χ2v) is 5.70. The largest absolute Gasteiger partial charge is 0.310 e. The van der Waals surface area contributed by atoms with Gasteiger partial charge in [0, 0.05) is 11.6 Å². The highest BCUT2D eigenvalue weighted by Crippen LogP contribution is 2.26. The lowest BCUT2D eigenvalue weighted by molar-refractivity contribution is 0.507. The molecule has 1 atom stereocenters. The molecule has 0 radical (unpaired) electrons. The van der Waals surface area contributed by atoms with E-state index in [0.29, 0.717) is 0 Å². The van der Waals surface area contributed by atoms with Gasteiger partial charge in [-0.25, -0.2) is 4.39 Å². The molecule has 0 saturated heterocycles. The molecule has 102 valence electrons. The molecule has 2 aromatic rings. The maximum atomic E-state index is 14.3. The summed E-state index contributed by atoms with van der Waals surface area (Å²) in [4.78, 5) is 0. The van der Waals surface area contributed by atoms with Crippen LogP contribution >= 0.6 is 11.3 Å². The Morgan fingerprint density at radius 2 is 2.11 bits per heavy atom. The highest BCUT2D eigenvalue weighted by Gasteiger charge is 2.18. The van der Waals surface area contributed by atoms with E-state index < -0.39 is 0 Å². The first-order valence-corrected chi connectivity index (χ1v) is 7.57. The Morgan fingerprint density at radius 3 is 2.68 bits per heavy atom. The molecule has 0 aliphatic rings. The summed E-state index contributed by atoms with van der Waals surface area (Å²) >= 11 is 1.68. The quantitative estimate of drug-likeness (QED) is 0.854.